The Morgan fingerprint density at radius 1 is 0.938 bits per heavy atom. The Hall–Kier alpha value is -3.03. The summed E-state index contributed by atoms with van der Waals surface area (Å²) in [6.07, 6.45) is 1.09. The van der Waals surface area contributed by atoms with Crippen molar-refractivity contribution in [2.75, 3.05) is 12.4 Å². The zero-order valence-corrected chi connectivity index (χ0v) is 18.8. The van der Waals surface area contributed by atoms with Crippen LogP contribution in [0.15, 0.2) is 66.7 Å². The Morgan fingerprint density at radius 3 is 2.56 bits per heavy atom. The molecule has 32 heavy (non-hydrogen) atoms. The second-order valence-corrected chi connectivity index (χ2v) is 9.17. The van der Waals surface area contributed by atoms with Gasteiger partial charge in [-0.05, 0) is 35.7 Å². The number of benzene rings is 2. The first-order valence-electron chi connectivity index (χ1n) is 10.8. The van der Waals surface area contributed by atoms with E-state index in [2.05, 4.69) is 27.4 Å². The van der Waals surface area contributed by atoms with E-state index in [4.69, 9.17) is 9.47 Å². The molecule has 1 aliphatic heterocycles. The molecule has 0 aliphatic carbocycles. The predicted molar refractivity (Wildman–Crippen MR) is 128 cm³/mol. The van der Waals surface area contributed by atoms with E-state index in [1.54, 1.807) is 0 Å². The number of hydrogen-bond donors (Lipinski definition) is 1. The SMILES string of the molecule is Cn1c(COc2ccc(CC3CNCS3)cc2)nc2ccc(OCc3ccccc3)nc21. The lowest BCUT2D eigenvalue weighted by molar-refractivity contribution is 0.291. The number of ether oxygens (including phenoxy) is 2. The highest BCUT2D eigenvalue weighted by molar-refractivity contribution is 8.00. The quantitative estimate of drug-likeness (QED) is 0.435. The van der Waals surface area contributed by atoms with Crippen molar-refractivity contribution in [1.29, 1.82) is 0 Å². The molecule has 1 unspecified atom stereocenters. The molecular formula is C25H26N4O2S. The van der Waals surface area contributed by atoms with E-state index in [0.29, 0.717) is 24.3 Å². The lowest BCUT2D eigenvalue weighted by atomic mass is 10.1. The summed E-state index contributed by atoms with van der Waals surface area (Å²) < 4.78 is 13.8. The number of thioether (sulfide) groups is 1. The normalized spacial score (nSPS) is 15.8. The number of nitrogens with zero attached hydrogens (tertiary/aromatic N) is 3. The minimum Gasteiger partial charge on any atom is -0.486 e. The van der Waals surface area contributed by atoms with Crippen molar-refractivity contribution in [3.8, 4) is 11.6 Å². The number of aryl methyl sites for hydroxylation is 1. The smallest absolute Gasteiger partial charge is 0.215 e. The molecule has 5 rings (SSSR count). The Kier molecular flexibility index (Phi) is 6.27. The number of pyridine rings is 1. The van der Waals surface area contributed by atoms with E-state index in [1.807, 2.05) is 78.0 Å². The van der Waals surface area contributed by atoms with E-state index >= 15 is 0 Å². The third-order valence-electron chi connectivity index (χ3n) is 5.56. The summed E-state index contributed by atoms with van der Waals surface area (Å²) in [6.45, 7) is 1.95. The highest BCUT2D eigenvalue weighted by Gasteiger charge is 2.15. The molecule has 1 saturated heterocycles. The van der Waals surface area contributed by atoms with E-state index in [0.717, 1.165) is 47.1 Å². The lowest BCUT2D eigenvalue weighted by Gasteiger charge is -2.10. The molecule has 0 radical (unpaired) electrons. The number of rotatable bonds is 8. The van der Waals surface area contributed by atoms with Gasteiger partial charge in [-0.25, -0.2) is 4.98 Å². The van der Waals surface area contributed by atoms with Crippen LogP contribution in [0.2, 0.25) is 0 Å². The molecule has 0 bridgehead atoms. The molecule has 2 aromatic carbocycles. The molecule has 0 amide bonds. The van der Waals surface area contributed by atoms with Gasteiger partial charge in [0.05, 0.1) is 0 Å². The summed E-state index contributed by atoms with van der Waals surface area (Å²) in [5.74, 6) is 3.31. The zero-order chi connectivity index (χ0) is 21.8. The fourth-order valence-electron chi connectivity index (χ4n) is 3.75. The first kappa shape index (κ1) is 20.8. The molecule has 3 heterocycles. The number of nitrogens with one attached hydrogen (secondary N) is 1. The fraction of sp³-hybridized carbons (Fsp3) is 0.280. The molecule has 6 nitrogen and oxygen atoms in total. The molecule has 1 fully saturated rings. The predicted octanol–water partition coefficient (Wildman–Crippen LogP) is 4.33. The molecule has 1 atom stereocenters. The summed E-state index contributed by atoms with van der Waals surface area (Å²) in [6, 6.07) is 22.3. The second kappa shape index (κ2) is 9.63. The summed E-state index contributed by atoms with van der Waals surface area (Å²) in [5, 5.41) is 4.06. The first-order valence-corrected chi connectivity index (χ1v) is 11.8. The molecule has 0 spiro atoms. The molecule has 0 saturated carbocycles. The number of fused-ring (bicyclic) bond motifs is 1. The van der Waals surface area contributed by atoms with Crippen molar-refractivity contribution in [2.45, 2.75) is 24.9 Å². The Bertz CT molecular complexity index is 1170. The highest BCUT2D eigenvalue weighted by Crippen LogP contribution is 2.22. The zero-order valence-electron chi connectivity index (χ0n) is 18.0. The molecule has 1 aliphatic rings. The summed E-state index contributed by atoms with van der Waals surface area (Å²) in [4.78, 5) is 9.32. The lowest BCUT2D eigenvalue weighted by Crippen LogP contribution is -2.14. The average molecular weight is 447 g/mol. The summed E-state index contributed by atoms with van der Waals surface area (Å²) >= 11 is 1.99. The second-order valence-electron chi connectivity index (χ2n) is 7.88. The van der Waals surface area contributed by atoms with Crippen LogP contribution < -0.4 is 14.8 Å². The maximum Gasteiger partial charge on any atom is 0.215 e. The minimum absolute atomic E-state index is 0.384. The van der Waals surface area contributed by atoms with Gasteiger partial charge in [-0.3, -0.25) is 0 Å². The van der Waals surface area contributed by atoms with Gasteiger partial charge < -0.3 is 19.4 Å². The third kappa shape index (κ3) is 4.89. The number of imidazole rings is 1. The largest absolute Gasteiger partial charge is 0.486 e. The van der Waals surface area contributed by atoms with Crippen molar-refractivity contribution in [1.82, 2.24) is 19.9 Å². The van der Waals surface area contributed by atoms with E-state index < -0.39 is 0 Å². The topological polar surface area (TPSA) is 61.2 Å². The van der Waals surface area contributed by atoms with Gasteiger partial charge in [-0.1, -0.05) is 42.5 Å². The van der Waals surface area contributed by atoms with Crippen LogP contribution in [0.25, 0.3) is 11.2 Å². The number of hydrogen-bond acceptors (Lipinski definition) is 6. The average Bonchev–Trinajstić information content (AvgIpc) is 3.46. The van der Waals surface area contributed by atoms with Gasteiger partial charge in [0, 0.05) is 30.8 Å². The molecule has 2 aromatic heterocycles. The van der Waals surface area contributed by atoms with Crippen LogP contribution in [0.1, 0.15) is 17.0 Å². The van der Waals surface area contributed by atoms with Gasteiger partial charge in [0.25, 0.3) is 0 Å². The molecule has 7 heteroatoms. The van der Waals surface area contributed by atoms with E-state index in [1.165, 1.54) is 5.56 Å². The van der Waals surface area contributed by atoms with Gasteiger partial charge >= 0.3 is 0 Å². The first-order chi connectivity index (χ1) is 15.7. The van der Waals surface area contributed by atoms with Crippen LogP contribution in [0.4, 0.5) is 0 Å². The van der Waals surface area contributed by atoms with Crippen molar-refractivity contribution < 1.29 is 9.47 Å². The van der Waals surface area contributed by atoms with E-state index in [-0.39, 0.29) is 0 Å². The summed E-state index contributed by atoms with van der Waals surface area (Å²) in [7, 11) is 1.96. The highest BCUT2D eigenvalue weighted by atomic mass is 32.2. The van der Waals surface area contributed by atoms with Crippen molar-refractivity contribution in [3.05, 3.63) is 83.7 Å². The van der Waals surface area contributed by atoms with Gasteiger partial charge in [-0.2, -0.15) is 4.98 Å². The third-order valence-corrected chi connectivity index (χ3v) is 6.74. The van der Waals surface area contributed by atoms with Gasteiger partial charge in [0.15, 0.2) is 5.65 Å². The van der Waals surface area contributed by atoms with Crippen molar-refractivity contribution in [3.63, 3.8) is 0 Å². The van der Waals surface area contributed by atoms with Crippen molar-refractivity contribution >= 4 is 22.9 Å². The maximum atomic E-state index is 6.00. The number of aromatic nitrogens is 3. The summed E-state index contributed by atoms with van der Waals surface area (Å²) in [5.41, 5.74) is 4.06. The monoisotopic (exact) mass is 446 g/mol. The van der Waals surface area contributed by atoms with Gasteiger partial charge in [0.1, 0.15) is 30.3 Å². The molecule has 164 valence electrons. The van der Waals surface area contributed by atoms with Gasteiger partial charge in [-0.15, -0.1) is 11.8 Å². The Labute approximate surface area is 192 Å². The van der Waals surface area contributed by atoms with Crippen LogP contribution in [0.5, 0.6) is 11.6 Å². The van der Waals surface area contributed by atoms with Crippen LogP contribution in [-0.2, 0) is 26.7 Å². The fourth-order valence-corrected chi connectivity index (χ4v) is 4.77. The maximum absolute atomic E-state index is 6.00. The van der Waals surface area contributed by atoms with E-state index in [9.17, 15) is 0 Å². The van der Waals surface area contributed by atoms with Crippen molar-refractivity contribution in [2.24, 2.45) is 7.05 Å². The van der Waals surface area contributed by atoms with Crippen LogP contribution >= 0.6 is 11.8 Å². The Balaban J connectivity index is 1.22. The Morgan fingerprint density at radius 2 is 1.78 bits per heavy atom. The van der Waals surface area contributed by atoms with Crippen LogP contribution in [0.3, 0.4) is 0 Å². The molecule has 4 aromatic rings. The standard InChI is InChI=1S/C25H26N4O2S/c1-29-23(16-30-20-9-7-18(8-10-20)13-21-14-26-17-32-21)27-22-11-12-24(28-25(22)29)31-15-19-5-3-2-4-6-19/h2-12,21,26H,13-17H2,1H3. The molecule has 1 N–H and O–H groups in total. The van der Waals surface area contributed by atoms with Crippen LogP contribution in [0, 0.1) is 0 Å². The van der Waals surface area contributed by atoms with Gasteiger partial charge in [0.2, 0.25) is 5.88 Å². The van der Waals surface area contributed by atoms with Crippen LogP contribution in [-0.4, -0.2) is 32.2 Å². The molecular weight excluding hydrogens is 420 g/mol. The minimum atomic E-state index is 0.384.